The number of nitrogens with one attached hydrogen (secondary N) is 1. The molecule has 0 aromatic carbocycles. The fourth-order valence-electron chi connectivity index (χ4n) is 1.05. The van der Waals surface area contributed by atoms with E-state index < -0.39 is 11.0 Å². The van der Waals surface area contributed by atoms with Gasteiger partial charge in [-0.1, -0.05) is 0 Å². The molecule has 0 amide bonds. The van der Waals surface area contributed by atoms with Gasteiger partial charge in [0.25, 0.3) is 0 Å². The zero-order valence-corrected chi connectivity index (χ0v) is 8.12. The molecule has 0 saturated heterocycles. The fraction of sp³-hybridized carbons (Fsp3) is 0.571. The maximum absolute atomic E-state index is 10.6. The Morgan fingerprint density at radius 3 is 2.73 bits per heavy atom. The Hall–Kier alpha value is -1.67. The fourth-order valence-corrected chi connectivity index (χ4v) is 1.05. The van der Waals surface area contributed by atoms with E-state index in [2.05, 4.69) is 10.4 Å². The summed E-state index contributed by atoms with van der Waals surface area (Å²) in [5, 5.41) is 34.6. The van der Waals surface area contributed by atoms with Crippen molar-refractivity contribution >= 4 is 11.5 Å². The highest BCUT2D eigenvalue weighted by molar-refractivity contribution is 5.55. The Balaban J connectivity index is 2.88. The average molecular weight is 216 g/mol. The van der Waals surface area contributed by atoms with Gasteiger partial charge < -0.3 is 15.5 Å². The van der Waals surface area contributed by atoms with Crippen molar-refractivity contribution in [3.63, 3.8) is 0 Å². The summed E-state index contributed by atoms with van der Waals surface area (Å²) in [4.78, 5) is 10.00. The highest BCUT2D eigenvalue weighted by Gasteiger charge is 2.20. The van der Waals surface area contributed by atoms with Crippen LogP contribution in [0.15, 0.2) is 6.20 Å². The first-order valence-corrected chi connectivity index (χ1v) is 4.24. The van der Waals surface area contributed by atoms with Gasteiger partial charge in [0.05, 0.1) is 24.2 Å². The maximum Gasteiger partial charge on any atom is 0.330 e. The van der Waals surface area contributed by atoms with Crippen molar-refractivity contribution in [3.05, 3.63) is 16.3 Å². The molecule has 0 bridgehead atoms. The van der Waals surface area contributed by atoms with E-state index in [9.17, 15) is 10.1 Å². The van der Waals surface area contributed by atoms with Crippen molar-refractivity contribution in [2.24, 2.45) is 7.05 Å². The molecule has 1 rings (SSSR count). The van der Waals surface area contributed by atoms with Crippen LogP contribution in [-0.2, 0) is 7.05 Å². The second-order valence-corrected chi connectivity index (χ2v) is 3.00. The third-order valence-electron chi connectivity index (χ3n) is 1.79. The van der Waals surface area contributed by atoms with Gasteiger partial charge in [-0.2, -0.15) is 0 Å². The minimum absolute atomic E-state index is 0.0376. The number of aromatic nitrogens is 2. The van der Waals surface area contributed by atoms with Gasteiger partial charge in [-0.05, 0) is 0 Å². The van der Waals surface area contributed by atoms with E-state index in [0.717, 1.165) is 0 Å². The molecular formula is C7H12N4O4. The van der Waals surface area contributed by atoms with E-state index in [1.807, 2.05) is 0 Å². The lowest BCUT2D eigenvalue weighted by Crippen LogP contribution is -2.28. The van der Waals surface area contributed by atoms with Gasteiger partial charge in [0.15, 0.2) is 0 Å². The molecule has 84 valence electrons. The van der Waals surface area contributed by atoms with E-state index in [1.165, 1.54) is 10.9 Å². The van der Waals surface area contributed by atoms with Gasteiger partial charge in [0.2, 0.25) is 5.82 Å². The minimum atomic E-state index is -0.654. The highest BCUT2D eigenvalue weighted by Crippen LogP contribution is 2.21. The summed E-state index contributed by atoms with van der Waals surface area (Å²) in [6, 6.07) is -0.654. The third kappa shape index (κ3) is 2.64. The zero-order valence-electron chi connectivity index (χ0n) is 8.12. The molecule has 8 heteroatoms. The molecule has 0 aliphatic heterocycles. The quantitative estimate of drug-likeness (QED) is 0.434. The number of aryl methyl sites for hydroxylation is 1. The van der Waals surface area contributed by atoms with Gasteiger partial charge in [0.1, 0.15) is 6.20 Å². The van der Waals surface area contributed by atoms with Gasteiger partial charge in [0, 0.05) is 7.05 Å². The first-order chi connectivity index (χ1) is 7.08. The molecule has 0 saturated carbocycles. The van der Waals surface area contributed by atoms with E-state index in [0.29, 0.717) is 0 Å². The zero-order chi connectivity index (χ0) is 11.4. The van der Waals surface area contributed by atoms with Crippen molar-refractivity contribution < 1.29 is 15.1 Å². The summed E-state index contributed by atoms with van der Waals surface area (Å²) in [7, 11) is 1.55. The number of aliphatic hydroxyl groups excluding tert-OH is 2. The Morgan fingerprint density at radius 1 is 1.67 bits per heavy atom. The molecule has 0 radical (unpaired) electrons. The number of nitrogens with zero attached hydrogens (tertiary/aromatic N) is 3. The van der Waals surface area contributed by atoms with Crippen LogP contribution in [0.3, 0.4) is 0 Å². The molecule has 0 unspecified atom stereocenters. The summed E-state index contributed by atoms with van der Waals surface area (Å²) >= 11 is 0. The van der Waals surface area contributed by atoms with Crippen molar-refractivity contribution in [2.45, 2.75) is 6.04 Å². The molecule has 0 atom stereocenters. The SMILES string of the molecule is Cn1cc([N+](=O)[O-])c(NC(CO)CO)n1. The topological polar surface area (TPSA) is 113 Å². The molecular weight excluding hydrogens is 204 g/mol. The molecule has 15 heavy (non-hydrogen) atoms. The van der Waals surface area contributed by atoms with E-state index in [1.54, 1.807) is 7.05 Å². The Labute approximate surface area is 85.3 Å². The van der Waals surface area contributed by atoms with Crippen molar-refractivity contribution in [1.29, 1.82) is 0 Å². The average Bonchev–Trinajstić information content (AvgIpc) is 2.56. The van der Waals surface area contributed by atoms with Crippen LogP contribution in [0.5, 0.6) is 0 Å². The molecule has 1 aromatic rings. The number of hydrogen-bond acceptors (Lipinski definition) is 6. The normalized spacial score (nSPS) is 10.7. The monoisotopic (exact) mass is 216 g/mol. The highest BCUT2D eigenvalue weighted by atomic mass is 16.6. The smallest absolute Gasteiger partial charge is 0.330 e. The summed E-state index contributed by atoms with van der Waals surface area (Å²) in [6.07, 6.45) is 1.24. The molecule has 3 N–H and O–H groups in total. The second-order valence-electron chi connectivity index (χ2n) is 3.00. The van der Waals surface area contributed by atoms with E-state index >= 15 is 0 Å². The lowest BCUT2D eigenvalue weighted by atomic mass is 10.3. The van der Waals surface area contributed by atoms with Crippen LogP contribution in [0, 0.1) is 10.1 Å². The van der Waals surface area contributed by atoms with Crippen LogP contribution < -0.4 is 5.32 Å². The first kappa shape index (κ1) is 11.4. The van der Waals surface area contributed by atoms with E-state index in [-0.39, 0.29) is 24.7 Å². The summed E-state index contributed by atoms with van der Waals surface area (Å²) in [6.45, 7) is -0.658. The minimum Gasteiger partial charge on any atom is -0.394 e. The largest absolute Gasteiger partial charge is 0.394 e. The molecule has 0 aliphatic carbocycles. The van der Waals surface area contributed by atoms with Crippen LogP contribution in [0.25, 0.3) is 0 Å². The van der Waals surface area contributed by atoms with Gasteiger partial charge >= 0.3 is 5.69 Å². The molecule has 0 spiro atoms. The summed E-state index contributed by atoms with van der Waals surface area (Å²) in [5.41, 5.74) is -0.190. The van der Waals surface area contributed by atoms with Crippen LogP contribution in [0.4, 0.5) is 11.5 Å². The molecule has 1 heterocycles. The van der Waals surface area contributed by atoms with Crippen molar-refractivity contribution in [2.75, 3.05) is 18.5 Å². The molecule has 8 nitrogen and oxygen atoms in total. The molecule has 1 aromatic heterocycles. The summed E-state index contributed by atoms with van der Waals surface area (Å²) in [5.74, 6) is 0.0376. The second kappa shape index (κ2) is 4.71. The maximum atomic E-state index is 10.6. The Bertz CT molecular complexity index is 347. The predicted octanol–water partition coefficient (Wildman–Crippen LogP) is -0.907. The van der Waals surface area contributed by atoms with Crippen LogP contribution in [-0.4, -0.2) is 44.2 Å². The van der Waals surface area contributed by atoms with Crippen LogP contribution in [0.2, 0.25) is 0 Å². The van der Waals surface area contributed by atoms with Gasteiger partial charge in [-0.15, -0.1) is 5.10 Å². The van der Waals surface area contributed by atoms with Crippen molar-refractivity contribution in [1.82, 2.24) is 9.78 Å². The van der Waals surface area contributed by atoms with Crippen LogP contribution >= 0.6 is 0 Å². The standard InChI is InChI=1S/C7H12N4O4/c1-10-2-6(11(14)15)7(9-10)8-5(3-12)4-13/h2,5,12-13H,3-4H2,1H3,(H,8,9). The lowest BCUT2D eigenvalue weighted by molar-refractivity contribution is -0.384. The number of rotatable bonds is 5. The van der Waals surface area contributed by atoms with Crippen LogP contribution in [0.1, 0.15) is 0 Å². The Morgan fingerprint density at radius 2 is 2.27 bits per heavy atom. The lowest BCUT2D eigenvalue weighted by Gasteiger charge is -2.11. The molecule has 0 aliphatic rings. The third-order valence-corrected chi connectivity index (χ3v) is 1.79. The Kier molecular flexibility index (Phi) is 3.58. The summed E-state index contributed by atoms with van der Waals surface area (Å²) < 4.78 is 1.28. The first-order valence-electron chi connectivity index (χ1n) is 4.24. The van der Waals surface area contributed by atoms with E-state index in [4.69, 9.17) is 10.2 Å². The van der Waals surface area contributed by atoms with Gasteiger partial charge in [-0.3, -0.25) is 14.8 Å². The number of nitro groups is 1. The van der Waals surface area contributed by atoms with Crippen molar-refractivity contribution in [3.8, 4) is 0 Å². The number of aliphatic hydroxyl groups is 2. The number of hydrogen-bond donors (Lipinski definition) is 3. The predicted molar refractivity (Wildman–Crippen MR) is 51.4 cm³/mol. The molecule has 0 fully saturated rings. The van der Waals surface area contributed by atoms with Gasteiger partial charge in [-0.25, -0.2) is 0 Å². The number of anilines is 1.